The predicted molar refractivity (Wildman–Crippen MR) is 85.2 cm³/mol. The topological polar surface area (TPSA) is 26.0 Å². The molecule has 0 bridgehead atoms. The van der Waals surface area contributed by atoms with E-state index in [0.29, 0.717) is 5.56 Å². The zero-order valence-electron chi connectivity index (χ0n) is 11.6. The molecule has 0 aliphatic rings. The molecular formula is C17H19BrFN. The van der Waals surface area contributed by atoms with Crippen LogP contribution < -0.4 is 5.73 Å². The van der Waals surface area contributed by atoms with Gasteiger partial charge in [0.25, 0.3) is 0 Å². The van der Waals surface area contributed by atoms with E-state index in [2.05, 4.69) is 35.0 Å². The van der Waals surface area contributed by atoms with Gasteiger partial charge in [-0.2, -0.15) is 0 Å². The third kappa shape index (κ3) is 3.68. The summed E-state index contributed by atoms with van der Waals surface area (Å²) >= 11 is 3.35. The van der Waals surface area contributed by atoms with Gasteiger partial charge in [0.1, 0.15) is 5.82 Å². The summed E-state index contributed by atoms with van der Waals surface area (Å²) in [7, 11) is 0. The fourth-order valence-corrected chi connectivity index (χ4v) is 2.58. The molecule has 0 aliphatic carbocycles. The maximum absolute atomic E-state index is 13.9. The molecule has 1 atom stereocenters. The molecule has 0 radical (unpaired) electrons. The molecule has 0 heterocycles. The number of aryl methyl sites for hydroxylation is 1. The van der Waals surface area contributed by atoms with Crippen molar-refractivity contribution >= 4 is 15.9 Å². The Balaban J connectivity index is 2.20. The maximum Gasteiger partial charge on any atom is 0.128 e. The third-order valence-electron chi connectivity index (χ3n) is 3.45. The number of benzene rings is 2. The van der Waals surface area contributed by atoms with Crippen molar-refractivity contribution in [2.24, 2.45) is 5.73 Å². The number of halogens is 2. The van der Waals surface area contributed by atoms with Crippen LogP contribution >= 0.6 is 15.9 Å². The molecule has 0 saturated heterocycles. The second-order valence-corrected chi connectivity index (χ2v) is 5.90. The summed E-state index contributed by atoms with van der Waals surface area (Å²) in [5.74, 6) is -0.268. The van der Waals surface area contributed by atoms with Crippen LogP contribution in [0.2, 0.25) is 0 Å². The predicted octanol–water partition coefficient (Wildman–Crippen LogP) is 4.98. The minimum Gasteiger partial charge on any atom is -0.320 e. The summed E-state index contributed by atoms with van der Waals surface area (Å²) in [6.45, 7) is 2.18. The summed E-state index contributed by atoms with van der Waals surface area (Å²) in [6.07, 6.45) is 3.45. The highest BCUT2D eigenvalue weighted by Crippen LogP contribution is 2.25. The van der Waals surface area contributed by atoms with E-state index < -0.39 is 6.04 Å². The minimum absolute atomic E-state index is 0.268. The minimum atomic E-state index is -0.437. The van der Waals surface area contributed by atoms with Gasteiger partial charge in [-0.25, -0.2) is 4.39 Å². The summed E-state index contributed by atoms with van der Waals surface area (Å²) in [6, 6.07) is 12.6. The Labute approximate surface area is 128 Å². The second kappa shape index (κ2) is 7.00. The number of nitrogens with two attached hydrogens (primary N) is 1. The van der Waals surface area contributed by atoms with Crippen molar-refractivity contribution in [3.8, 4) is 0 Å². The Morgan fingerprint density at radius 3 is 2.50 bits per heavy atom. The van der Waals surface area contributed by atoms with Crippen LogP contribution in [-0.2, 0) is 6.42 Å². The Morgan fingerprint density at radius 2 is 1.85 bits per heavy atom. The van der Waals surface area contributed by atoms with Gasteiger partial charge < -0.3 is 5.73 Å². The molecule has 0 saturated carbocycles. The van der Waals surface area contributed by atoms with Crippen molar-refractivity contribution in [3.63, 3.8) is 0 Å². The molecule has 0 fully saturated rings. The van der Waals surface area contributed by atoms with Crippen LogP contribution in [0, 0.1) is 5.82 Å². The Kier molecular flexibility index (Phi) is 5.32. The first-order valence-electron chi connectivity index (χ1n) is 6.91. The number of hydrogen-bond acceptors (Lipinski definition) is 1. The molecule has 20 heavy (non-hydrogen) atoms. The average molecular weight is 336 g/mol. The first-order valence-corrected chi connectivity index (χ1v) is 7.70. The van der Waals surface area contributed by atoms with Gasteiger partial charge >= 0.3 is 0 Å². The molecule has 1 unspecified atom stereocenters. The summed E-state index contributed by atoms with van der Waals surface area (Å²) in [4.78, 5) is 0. The number of unbranched alkanes of at least 4 members (excludes halogenated alkanes) is 1. The van der Waals surface area contributed by atoms with Gasteiger partial charge in [0.2, 0.25) is 0 Å². The highest BCUT2D eigenvalue weighted by Gasteiger charge is 2.14. The Hall–Kier alpha value is -1.19. The molecule has 2 rings (SSSR count). The molecule has 0 aromatic heterocycles. The van der Waals surface area contributed by atoms with Gasteiger partial charge in [-0.05, 0) is 42.2 Å². The molecule has 1 nitrogen and oxygen atoms in total. The highest BCUT2D eigenvalue weighted by atomic mass is 79.9. The molecule has 0 aliphatic heterocycles. The van der Waals surface area contributed by atoms with Crippen LogP contribution in [0.1, 0.15) is 42.5 Å². The largest absolute Gasteiger partial charge is 0.320 e. The lowest BCUT2D eigenvalue weighted by Crippen LogP contribution is -2.13. The van der Waals surface area contributed by atoms with Crippen LogP contribution in [0.15, 0.2) is 46.9 Å². The van der Waals surface area contributed by atoms with Crippen LogP contribution in [0.5, 0.6) is 0 Å². The smallest absolute Gasteiger partial charge is 0.128 e. The van der Waals surface area contributed by atoms with E-state index in [0.717, 1.165) is 16.5 Å². The highest BCUT2D eigenvalue weighted by molar-refractivity contribution is 9.10. The van der Waals surface area contributed by atoms with Gasteiger partial charge in [0, 0.05) is 10.0 Å². The fraction of sp³-hybridized carbons (Fsp3) is 0.294. The third-order valence-corrected chi connectivity index (χ3v) is 3.94. The van der Waals surface area contributed by atoms with Gasteiger partial charge in [-0.3, -0.25) is 0 Å². The van der Waals surface area contributed by atoms with E-state index in [4.69, 9.17) is 5.73 Å². The van der Waals surface area contributed by atoms with Crippen LogP contribution in [0.3, 0.4) is 0 Å². The quantitative estimate of drug-likeness (QED) is 0.819. The summed E-state index contributed by atoms with van der Waals surface area (Å²) in [5.41, 5.74) is 8.93. The van der Waals surface area contributed by atoms with Gasteiger partial charge in [-0.1, -0.05) is 53.5 Å². The standard InChI is InChI=1S/C17H19BrFN/c1-2-3-4-12-5-7-13(8-6-12)17(20)15-11-14(18)9-10-16(15)19/h5-11,17H,2-4,20H2,1H3. The summed E-state index contributed by atoms with van der Waals surface area (Å²) in [5, 5.41) is 0. The molecule has 2 N–H and O–H groups in total. The lowest BCUT2D eigenvalue weighted by molar-refractivity contribution is 0.599. The van der Waals surface area contributed by atoms with E-state index in [1.165, 1.54) is 24.5 Å². The van der Waals surface area contributed by atoms with Crippen molar-refractivity contribution in [3.05, 3.63) is 69.4 Å². The molecule has 3 heteroatoms. The summed E-state index contributed by atoms with van der Waals surface area (Å²) < 4.78 is 14.7. The normalized spacial score (nSPS) is 12.4. The molecule has 2 aromatic carbocycles. The molecule has 2 aromatic rings. The van der Waals surface area contributed by atoms with Crippen LogP contribution in [0.25, 0.3) is 0 Å². The monoisotopic (exact) mass is 335 g/mol. The van der Waals surface area contributed by atoms with E-state index in [1.807, 2.05) is 12.1 Å². The molecule has 0 amide bonds. The van der Waals surface area contributed by atoms with Crippen molar-refractivity contribution in [1.82, 2.24) is 0 Å². The lowest BCUT2D eigenvalue weighted by atomic mass is 9.97. The first-order chi connectivity index (χ1) is 9.61. The van der Waals surface area contributed by atoms with E-state index >= 15 is 0 Å². The fourth-order valence-electron chi connectivity index (χ4n) is 2.21. The second-order valence-electron chi connectivity index (χ2n) is 4.99. The SMILES string of the molecule is CCCCc1ccc(C(N)c2cc(Br)ccc2F)cc1. The average Bonchev–Trinajstić information content (AvgIpc) is 2.47. The zero-order valence-corrected chi connectivity index (χ0v) is 13.2. The van der Waals surface area contributed by atoms with Crippen LogP contribution in [-0.4, -0.2) is 0 Å². The van der Waals surface area contributed by atoms with Crippen molar-refractivity contribution < 1.29 is 4.39 Å². The maximum atomic E-state index is 13.9. The van der Waals surface area contributed by atoms with Crippen molar-refractivity contribution in [2.45, 2.75) is 32.2 Å². The van der Waals surface area contributed by atoms with Crippen molar-refractivity contribution in [1.29, 1.82) is 0 Å². The van der Waals surface area contributed by atoms with E-state index in [9.17, 15) is 4.39 Å². The number of hydrogen-bond donors (Lipinski definition) is 1. The molecule has 106 valence electrons. The molecular weight excluding hydrogens is 317 g/mol. The Morgan fingerprint density at radius 1 is 1.15 bits per heavy atom. The van der Waals surface area contributed by atoms with Crippen molar-refractivity contribution in [2.75, 3.05) is 0 Å². The van der Waals surface area contributed by atoms with Crippen LogP contribution in [0.4, 0.5) is 4.39 Å². The molecule has 0 spiro atoms. The Bertz CT molecular complexity index is 566. The number of rotatable bonds is 5. The first kappa shape index (κ1) is 15.2. The van der Waals surface area contributed by atoms with E-state index in [1.54, 1.807) is 12.1 Å². The van der Waals surface area contributed by atoms with Gasteiger partial charge in [-0.15, -0.1) is 0 Å². The zero-order chi connectivity index (χ0) is 14.5. The van der Waals surface area contributed by atoms with Gasteiger partial charge in [0.15, 0.2) is 0 Å². The van der Waals surface area contributed by atoms with E-state index in [-0.39, 0.29) is 5.82 Å². The lowest BCUT2D eigenvalue weighted by Gasteiger charge is -2.14. The van der Waals surface area contributed by atoms with Gasteiger partial charge in [0.05, 0.1) is 6.04 Å².